The maximum absolute atomic E-state index is 14.6. The van der Waals surface area contributed by atoms with Gasteiger partial charge in [0.05, 0.1) is 28.4 Å². The predicted molar refractivity (Wildman–Crippen MR) is 464 cm³/mol. The first-order chi connectivity index (χ1) is 55.0. The molecule has 0 spiro atoms. The number of nitrogens with one attached hydrogen (secondary N) is 2. The van der Waals surface area contributed by atoms with Gasteiger partial charge in [0, 0.05) is 76.3 Å². The van der Waals surface area contributed by atoms with Crippen molar-refractivity contribution in [3.63, 3.8) is 0 Å². The number of aliphatic carboxylic acids is 1. The van der Waals surface area contributed by atoms with E-state index in [0.29, 0.717) is 142 Å². The van der Waals surface area contributed by atoms with Crippen LogP contribution in [0.15, 0.2) is 70.9 Å². The highest BCUT2D eigenvalue weighted by atomic mass is 35.5. The lowest BCUT2D eigenvalue weighted by molar-refractivity contribution is -0.221. The van der Waals surface area contributed by atoms with E-state index in [1.54, 1.807) is 0 Å². The van der Waals surface area contributed by atoms with Crippen LogP contribution >= 0.6 is 11.6 Å². The monoisotopic (exact) mass is 1690 g/mol. The van der Waals surface area contributed by atoms with Crippen LogP contribution in [0, 0.1) is 113 Å². The molecule has 12 aliphatic carbocycles. The van der Waals surface area contributed by atoms with Crippen molar-refractivity contribution in [2.24, 2.45) is 113 Å². The molecule has 660 valence electrons. The van der Waals surface area contributed by atoms with Crippen LogP contribution in [0.5, 0.6) is 0 Å². The number of carbonyl (C=O) groups excluding carboxylic acids is 3. The number of nitrogens with zero attached hydrogens (tertiary/aromatic N) is 2. The molecule has 0 radical (unpaired) electrons. The van der Waals surface area contributed by atoms with E-state index in [1.165, 1.54) is 136 Å². The first-order valence-electron chi connectivity index (χ1n) is 45.9. The Hall–Kier alpha value is -3.79. The standard InChI is InChI=1S/C48H75FN2O6S.C43H67FN2O4S.C5H9ClO2/c1-9-10-40(52)56-32-57-42(53)47(31-49)20-13-34(14-21-47)36-16-18-44(6)38(43(36,4)5)17-19-46(8)39(44)12-11-37-41-35(33(2)3)15-22-48(41,24-23-45(37,46)7)50-25-26-51-27-29-58(54,55)30-28-51;1-29(2)31-12-19-43(45-22-23-46-24-26-51(49,50)27-25-46)21-20-40(6)33(36(31)43)8-9-35-39(5)15-13-32(38(3,4)34(39)14-16-41(35,40)7)30-10-17-42(28-44,18-11-30)37(47)48;1-2-3-5(7)8-4-6/h13,16,35,37-39,41,50H,2,9-12,14-15,17-32H2,1,3-8H3;10,13,31,33-36,45H,1,8-9,11-12,14-28H2,2-7H3,(H,47,48);2-4H2,1H3/t35-,37+,38-,39+,41+,44-,45+,46+,47+,48-;31-,33+,34-,35+,36+,39-,40+,41+,42+,43-;/m00./s1. The second-order valence-electron chi connectivity index (χ2n) is 42.8. The molecule has 2 aliphatic heterocycles. The smallest absolute Gasteiger partial charge is 0.317 e. The van der Waals surface area contributed by atoms with Crippen molar-refractivity contribution >= 4 is 55.2 Å². The molecule has 16 nitrogen and oxygen atoms in total. The summed E-state index contributed by atoms with van der Waals surface area (Å²) in [5.74, 6) is 4.80. The molecule has 117 heavy (non-hydrogen) atoms. The third-order valence-corrected chi connectivity index (χ3v) is 40.1. The molecule has 0 aromatic rings. The van der Waals surface area contributed by atoms with Crippen molar-refractivity contribution < 1.29 is 64.1 Å². The number of hydrogen-bond acceptors (Lipinski definition) is 15. The number of esters is 3. The number of fused-ring (bicyclic) bond motifs is 14. The van der Waals surface area contributed by atoms with E-state index in [9.17, 15) is 49.9 Å². The van der Waals surface area contributed by atoms with Crippen molar-refractivity contribution in [1.29, 1.82) is 0 Å². The van der Waals surface area contributed by atoms with Gasteiger partial charge in [0.1, 0.15) is 18.8 Å². The lowest BCUT2D eigenvalue weighted by atomic mass is 9.33. The minimum Gasteiger partial charge on any atom is -0.481 e. The van der Waals surface area contributed by atoms with E-state index in [4.69, 9.17) is 21.1 Å². The fourth-order valence-corrected chi connectivity index (χ4v) is 32.7. The topological polar surface area (TPSA) is 215 Å². The van der Waals surface area contributed by atoms with Crippen LogP contribution in [0.25, 0.3) is 0 Å². The van der Waals surface area contributed by atoms with Gasteiger partial charge in [-0.1, -0.05) is 143 Å². The number of alkyl halides is 3. The van der Waals surface area contributed by atoms with Gasteiger partial charge in [0.15, 0.2) is 25.7 Å². The third-order valence-electron chi connectivity index (χ3n) is 36.8. The van der Waals surface area contributed by atoms with Gasteiger partial charge in [-0.3, -0.25) is 19.2 Å². The Morgan fingerprint density at radius 3 is 1.26 bits per heavy atom. The zero-order valence-electron chi connectivity index (χ0n) is 74.4. The number of halogens is 3. The molecule has 2 saturated heterocycles. The molecule has 0 amide bonds. The molecule has 0 unspecified atom stereocenters. The van der Waals surface area contributed by atoms with Gasteiger partial charge in [-0.05, 0) is 306 Å². The predicted octanol–water partition coefficient (Wildman–Crippen LogP) is 19.1. The summed E-state index contributed by atoms with van der Waals surface area (Å²) >= 11 is 5.09. The number of carboxylic acid groups (broad SMARTS) is 1. The second-order valence-corrected chi connectivity index (χ2v) is 47.6. The van der Waals surface area contributed by atoms with Gasteiger partial charge in [-0.25, -0.2) is 25.6 Å². The number of carboxylic acids is 1. The molecule has 0 aromatic carbocycles. The molecule has 20 atom stereocenters. The fraction of sp³-hybridized carbons (Fsp3) is 0.833. The van der Waals surface area contributed by atoms with Crippen LogP contribution in [0.1, 0.15) is 277 Å². The largest absolute Gasteiger partial charge is 0.481 e. The average molecular weight is 1690 g/mol. The molecule has 14 aliphatic rings. The molecule has 10 fully saturated rings. The number of rotatable bonds is 23. The number of ether oxygens (including phenoxy) is 3. The molecule has 0 bridgehead atoms. The zero-order valence-corrected chi connectivity index (χ0v) is 76.8. The van der Waals surface area contributed by atoms with Crippen molar-refractivity contribution in [2.75, 3.05) is 102 Å². The number of hydrogen-bond donors (Lipinski definition) is 3. The molecule has 8 saturated carbocycles. The first kappa shape index (κ1) is 92.4. The second kappa shape index (κ2) is 35.0. The highest BCUT2D eigenvalue weighted by molar-refractivity contribution is 7.91. The van der Waals surface area contributed by atoms with Crippen LogP contribution in [-0.4, -0.2) is 168 Å². The Labute approximate surface area is 708 Å². The molecule has 14 rings (SSSR count). The highest BCUT2D eigenvalue weighted by Crippen LogP contribution is 2.79. The van der Waals surface area contributed by atoms with Crippen molar-refractivity contribution in [3.05, 3.63) is 70.9 Å². The molecular formula is C96H151ClF2N4O12S2. The van der Waals surface area contributed by atoms with Crippen molar-refractivity contribution in [1.82, 2.24) is 20.4 Å². The molecular weight excluding hydrogens is 1540 g/mol. The van der Waals surface area contributed by atoms with Crippen LogP contribution < -0.4 is 10.6 Å². The minimum atomic E-state index is -2.88. The van der Waals surface area contributed by atoms with E-state index in [2.05, 4.69) is 146 Å². The van der Waals surface area contributed by atoms with Crippen LogP contribution in [0.2, 0.25) is 0 Å². The summed E-state index contributed by atoms with van der Waals surface area (Å²) in [6.07, 6.45) is 36.0. The summed E-state index contributed by atoms with van der Waals surface area (Å²) in [5, 5.41) is 18.2. The van der Waals surface area contributed by atoms with Gasteiger partial charge in [-0.15, -0.1) is 0 Å². The number of allylic oxidation sites excluding steroid dienone is 10. The molecule has 3 N–H and O–H groups in total. The molecule has 21 heteroatoms. The normalized spacial score (nSPS) is 41.4. The fourth-order valence-electron chi connectivity index (χ4n) is 30.0. The quantitative estimate of drug-likeness (QED) is 0.0375. The Morgan fingerprint density at radius 1 is 0.504 bits per heavy atom. The summed E-state index contributed by atoms with van der Waals surface area (Å²) in [4.78, 5) is 51.9. The van der Waals surface area contributed by atoms with Crippen LogP contribution in [0.3, 0.4) is 0 Å². The molecule has 0 aromatic heterocycles. The molecule has 2 heterocycles. The Morgan fingerprint density at radius 2 is 0.906 bits per heavy atom. The lowest BCUT2D eigenvalue weighted by Crippen LogP contribution is -2.68. The highest BCUT2D eigenvalue weighted by Gasteiger charge is 2.73. The third kappa shape index (κ3) is 16.8. The SMILES string of the molecule is C=C(C)[C@@H]1CC[C@]2(NCCN3CCS(=O)(=O)CC3)CC[C@]3(C)[C@H](CC[C@@H]4[C@@]5(C)CC=C(C6=CC[C@@](CF)(C(=O)O)CC6)C(C)(C)[C@@H]5CC[C@]43C)[C@@H]12.C=C(C)[C@@H]1CC[C@]2(NCCN3CCS(=O)(=O)CC3)CC[C@]3(C)[C@H](CC[C@@H]4[C@@]5(C)CC=C(C6=CC[C@@](CF)(C(=O)OCOC(=O)CCC)CC6)C(C)(C)[C@@H]5CC[C@]43C)[C@@H]12.CCCC(=O)OCCl. The summed E-state index contributed by atoms with van der Waals surface area (Å²) in [7, 11) is -5.75. The van der Waals surface area contributed by atoms with E-state index >= 15 is 0 Å². The Bertz CT molecular complexity index is 4050. The average Bonchev–Trinajstić information content (AvgIpc) is 1.53. The summed E-state index contributed by atoms with van der Waals surface area (Å²) in [6, 6.07) is -0.0289. The van der Waals surface area contributed by atoms with Crippen LogP contribution in [-0.2, 0) is 53.1 Å². The van der Waals surface area contributed by atoms with E-state index < -0.39 is 68.6 Å². The maximum Gasteiger partial charge on any atom is 0.317 e. The van der Waals surface area contributed by atoms with E-state index in [-0.39, 0.29) is 90.8 Å². The van der Waals surface area contributed by atoms with Gasteiger partial charge in [0.25, 0.3) is 0 Å². The summed E-state index contributed by atoms with van der Waals surface area (Å²) in [6.45, 7) is 47.6. The van der Waals surface area contributed by atoms with E-state index in [0.717, 1.165) is 45.4 Å². The van der Waals surface area contributed by atoms with Gasteiger partial charge in [0.2, 0.25) is 6.79 Å². The maximum atomic E-state index is 14.6. The minimum absolute atomic E-state index is 0.0163. The summed E-state index contributed by atoms with van der Waals surface area (Å²) < 4.78 is 91.6. The lowest BCUT2D eigenvalue weighted by Gasteiger charge is -2.72. The van der Waals surface area contributed by atoms with Crippen molar-refractivity contribution in [3.8, 4) is 0 Å². The number of sulfone groups is 2. The van der Waals surface area contributed by atoms with Crippen molar-refractivity contribution in [2.45, 2.75) is 288 Å². The van der Waals surface area contributed by atoms with E-state index in [1.807, 2.05) is 13.8 Å². The zero-order chi connectivity index (χ0) is 85.2. The Balaban J connectivity index is 0.000000198. The summed E-state index contributed by atoms with van der Waals surface area (Å²) in [5.41, 5.74) is 7.06. The first-order valence-corrected chi connectivity index (χ1v) is 50.0. The Kier molecular flexibility index (Phi) is 27.6. The van der Waals surface area contributed by atoms with Gasteiger partial charge >= 0.3 is 23.9 Å². The number of carbonyl (C=O) groups is 4. The van der Waals surface area contributed by atoms with Gasteiger partial charge in [-0.2, -0.15) is 0 Å². The van der Waals surface area contributed by atoms with Gasteiger partial charge < -0.3 is 39.8 Å². The van der Waals surface area contributed by atoms with Crippen LogP contribution in [0.4, 0.5) is 8.78 Å².